The molecule has 2 aromatic rings. The van der Waals surface area contributed by atoms with Crippen LogP contribution in [0.1, 0.15) is 11.3 Å². The first-order valence-corrected chi connectivity index (χ1v) is 6.47. The second-order valence-electron chi connectivity index (χ2n) is 4.68. The number of halogens is 3. The lowest BCUT2D eigenvalue weighted by atomic mass is 10.2. The molecule has 0 radical (unpaired) electrons. The highest BCUT2D eigenvalue weighted by molar-refractivity contribution is 5.73. The number of carboxylic acid groups (broad SMARTS) is 1. The second-order valence-corrected chi connectivity index (χ2v) is 4.68. The van der Waals surface area contributed by atoms with Gasteiger partial charge in [0.15, 0.2) is 5.69 Å². The van der Waals surface area contributed by atoms with Gasteiger partial charge in [0.05, 0.1) is 6.54 Å². The number of hydrogen-bond acceptors (Lipinski definition) is 3. The Morgan fingerprint density at radius 3 is 2.50 bits per heavy atom. The Hall–Kier alpha value is -2.35. The van der Waals surface area contributed by atoms with E-state index in [-0.39, 0.29) is 6.54 Å². The van der Waals surface area contributed by atoms with Crippen molar-refractivity contribution in [3.8, 4) is 0 Å². The zero-order valence-corrected chi connectivity index (χ0v) is 11.4. The van der Waals surface area contributed by atoms with E-state index in [1.165, 1.54) is 0 Å². The quantitative estimate of drug-likeness (QED) is 0.857. The fraction of sp³-hybridized carbons (Fsp3) is 0.286. The Balaban J connectivity index is 2.00. The van der Waals surface area contributed by atoms with Crippen molar-refractivity contribution in [1.29, 1.82) is 0 Å². The van der Waals surface area contributed by atoms with Crippen molar-refractivity contribution < 1.29 is 23.1 Å². The molecule has 0 saturated carbocycles. The van der Waals surface area contributed by atoms with Crippen molar-refractivity contribution in [2.75, 3.05) is 0 Å². The summed E-state index contributed by atoms with van der Waals surface area (Å²) in [5.41, 5.74) is -0.162. The van der Waals surface area contributed by atoms with Crippen LogP contribution in [0.5, 0.6) is 0 Å². The smallest absolute Gasteiger partial charge is 0.435 e. The van der Waals surface area contributed by atoms with Gasteiger partial charge in [0.1, 0.15) is 6.04 Å². The number of nitrogens with zero attached hydrogens (tertiary/aromatic N) is 2. The summed E-state index contributed by atoms with van der Waals surface area (Å²) >= 11 is 0. The van der Waals surface area contributed by atoms with E-state index in [0.29, 0.717) is 6.54 Å². The molecule has 1 aromatic heterocycles. The molecule has 0 fully saturated rings. The fourth-order valence-corrected chi connectivity index (χ4v) is 1.87. The summed E-state index contributed by atoms with van der Waals surface area (Å²) in [5, 5.41) is 15.3. The van der Waals surface area contributed by atoms with E-state index < -0.39 is 23.9 Å². The molecule has 0 amide bonds. The number of carboxylic acids is 1. The summed E-state index contributed by atoms with van der Waals surface area (Å²) in [6.45, 7) is 0.101. The number of benzene rings is 1. The van der Waals surface area contributed by atoms with Gasteiger partial charge in [-0.25, -0.2) is 0 Å². The first-order valence-electron chi connectivity index (χ1n) is 6.47. The molecule has 22 heavy (non-hydrogen) atoms. The van der Waals surface area contributed by atoms with Gasteiger partial charge in [0.25, 0.3) is 0 Å². The molecular weight excluding hydrogens is 299 g/mol. The highest BCUT2D eigenvalue weighted by atomic mass is 19.4. The van der Waals surface area contributed by atoms with Crippen LogP contribution in [0.15, 0.2) is 42.6 Å². The van der Waals surface area contributed by atoms with Gasteiger partial charge in [-0.05, 0) is 11.6 Å². The number of rotatable bonds is 6. The average molecular weight is 313 g/mol. The molecule has 0 aliphatic heterocycles. The second kappa shape index (κ2) is 6.61. The highest BCUT2D eigenvalue weighted by Gasteiger charge is 2.33. The molecule has 8 heteroatoms. The van der Waals surface area contributed by atoms with Crippen LogP contribution >= 0.6 is 0 Å². The Morgan fingerprint density at radius 1 is 1.27 bits per heavy atom. The number of hydrogen-bond donors (Lipinski definition) is 2. The van der Waals surface area contributed by atoms with Gasteiger partial charge in [-0.2, -0.15) is 18.3 Å². The first-order chi connectivity index (χ1) is 10.4. The molecule has 2 rings (SSSR count). The maximum atomic E-state index is 12.5. The molecule has 0 spiro atoms. The third-order valence-electron chi connectivity index (χ3n) is 2.99. The van der Waals surface area contributed by atoms with Crippen LogP contribution in [-0.4, -0.2) is 26.9 Å². The molecule has 1 unspecified atom stereocenters. The van der Waals surface area contributed by atoms with Crippen molar-refractivity contribution in [3.63, 3.8) is 0 Å². The maximum Gasteiger partial charge on any atom is 0.435 e. The monoisotopic (exact) mass is 313 g/mol. The Morgan fingerprint density at radius 2 is 1.95 bits per heavy atom. The van der Waals surface area contributed by atoms with Crippen molar-refractivity contribution >= 4 is 5.97 Å². The Labute approximate surface area is 124 Å². The zero-order valence-electron chi connectivity index (χ0n) is 11.4. The average Bonchev–Trinajstić information content (AvgIpc) is 2.93. The van der Waals surface area contributed by atoms with Crippen molar-refractivity contribution in [2.24, 2.45) is 0 Å². The molecule has 1 aromatic carbocycles. The SMILES string of the molecule is O=C(O)C(Cn1ccc(C(F)(F)F)n1)NCc1ccccc1. The van der Waals surface area contributed by atoms with Crippen LogP contribution in [0.3, 0.4) is 0 Å². The third kappa shape index (κ3) is 4.32. The van der Waals surface area contributed by atoms with E-state index in [2.05, 4.69) is 10.4 Å². The lowest BCUT2D eigenvalue weighted by Gasteiger charge is -2.14. The number of nitrogens with one attached hydrogen (secondary N) is 1. The summed E-state index contributed by atoms with van der Waals surface area (Å²) < 4.78 is 38.3. The molecular formula is C14H14F3N3O2. The van der Waals surface area contributed by atoms with E-state index >= 15 is 0 Å². The maximum absolute atomic E-state index is 12.5. The summed E-state index contributed by atoms with van der Waals surface area (Å²) in [6.07, 6.45) is -3.43. The van der Waals surface area contributed by atoms with Crippen LogP contribution in [0.25, 0.3) is 0 Å². The topological polar surface area (TPSA) is 67.1 Å². The van der Waals surface area contributed by atoms with Crippen LogP contribution in [0, 0.1) is 0 Å². The van der Waals surface area contributed by atoms with E-state index in [4.69, 9.17) is 5.11 Å². The van der Waals surface area contributed by atoms with Crippen molar-refractivity contribution in [3.05, 3.63) is 53.9 Å². The van der Waals surface area contributed by atoms with Gasteiger partial charge < -0.3 is 5.11 Å². The van der Waals surface area contributed by atoms with E-state index in [9.17, 15) is 18.0 Å². The minimum Gasteiger partial charge on any atom is -0.480 e. The fourth-order valence-electron chi connectivity index (χ4n) is 1.87. The zero-order chi connectivity index (χ0) is 16.2. The van der Waals surface area contributed by atoms with E-state index in [1.54, 1.807) is 0 Å². The highest BCUT2D eigenvalue weighted by Crippen LogP contribution is 2.27. The number of alkyl halides is 3. The number of carbonyl (C=O) groups is 1. The van der Waals surface area contributed by atoms with E-state index in [1.807, 2.05) is 30.3 Å². The molecule has 0 bridgehead atoms. The normalized spacial score (nSPS) is 13.0. The van der Waals surface area contributed by atoms with Gasteiger partial charge in [-0.15, -0.1) is 0 Å². The van der Waals surface area contributed by atoms with E-state index in [0.717, 1.165) is 22.5 Å². The predicted molar refractivity (Wildman–Crippen MR) is 71.9 cm³/mol. The summed E-state index contributed by atoms with van der Waals surface area (Å²) in [5.74, 6) is -1.15. The molecule has 118 valence electrons. The van der Waals surface area contributed by atoms with Crippen LogP contribution in [-0.2, 0) is 24.1 Å². The molecule has 5 nitrogen and oxygen atoms in total. The molecule has 2 N–H and O–H groups in total. The lowest BCUT2D eigenvalue weighted by Crippen LogP contribution is -2.40. The minimum absolute atomic E-state index is 0.196. The summed E-state index contributed by atoms with van der Waals surface area (Å²) in [7, 11) is 0. The van der Waals surface area contributed by atoms with Gasteiger partial charge in [0, 0.05) is 12.7 Å². The molecule has 0 saturated heterocycles. The van der Waals surface area contributed by atoms with Crippen molar-refractivity contribution in [1.82, 2.24) is 15.1 Å². The molecule has 1 heterocycles. The molecule has 1 atom stereocenters. The Bertz CT molecular complexity index is 626. The van der Waals surface area contributed by atoms with Crippen LogP contribution in [0.4, 0.5) is 13.2 Å². The minimum atomic E-state index is -4.54. The first kappa shape index (κ1) is 16.0. The van der Waals surface area contributed by atoms with Gasteiger partial charge in [-0.1, -0.05) is 30.3 Å². The third-order valence-corrected chi connectivity index (χ3v) is 2.99. The standard InChI is InChI=1S/C14H14F3N3O2/c15-14(16,17)12-6-7-20(19-12)9-11(13(21)22)18-8-10-4-2-1-3-5-10/h1-7,11,18H,8-9H2,(H,21,22). The summed E-state index contributed by atoms with van der Waals surface area (Å²) in [4.78, 5) is 11.2. The predicted octanol–water partition coefficient (Wildman–Crippen LogP) is 2.14. The van der Waals surface area contributed by atoms with Gasteiger partial charge in [-0.3, -0.25) is 14.8 Å². The molecule has 0 aliphatic rings. The molecule has 0 aliphatic carbocycles. The number of aromatic nitrogens is 2. The van der Waals surface area contributed by atoms with Gasteiger partial charge in [0.2, 0.25) is 0 Å². The Kier molecular flexibility index (Phi) is 4.81. The van der Waals surface area contributed by atoms with Gasteiger partial charge >= 0.3 is 12.1 Å². The summed E-state index contributed by atoms with van der Waals surface area (Å²) in [6, 6.07) is 8.88. The van der Waals surface area contributed by atoms with Crippen LogP contribution in [0.2, 0.25) is 0 Å². The van der Waals surface area contributed by atoms with Crippen molar-refractivity contribution in [2.45, 2.75) is 25.3 Å². The number of aliphatic carboxylic acids is 1. The lowest BCUT2D eigenvalue weighted by molar-refractivity contribution is -0.141. The largest absolute Gasteiger partial charge is 0.480 e. The van der Waals surface area contributed by atoms with Crippen LogP contribution < -0.4 is 5.32 Å².